The molecule has 2 rings (SSSR count). The van der Waals surface area contributed by atoms with E-state index in [-0.39, 0.29) is 6.61 Å². The van der Waals surface area contributed by atoms with Gasteiger partial charge >= 0.3 is 0 Å². The maximum atomic E-state index is 9.31. The summed E-state index contributed by atoms with van der Waals surface area (Å²) < 4.78 is 0. The topological polar surface area (TPSA) is 44.0 Å². The second-order valence-corrected chi connectivity index (χ2v) is 4.88. The lowest BCUT2D eigenvalue weighted by molar-refractivity contribution is 0.279. The largest absolute Gasteiger partial charge is 0.392 e. The molecule has 0 atom stereocenters. The highest BCUT2D eigenvalue weighted by atomic mass is 32.2. The molecule has 0 saturated carbocycles. The first-order chi connectivity index (χ1) is 8.83. The first kappa shape index (κ1) is 12.7. The average molecular weight is 255 g/mol. The van der Waals surface area contributed by atoms with Gasteiger partial charge in [0.25, 0.3) is 0 Å². The van der Waals surface area contributed by atoms with Crippen molar-refractivity contribution in [2.24, 2.45) is 0 Å². The molecule has 0 aliphatic carbocycles. The Labute approximate surface area is 111 Å². The third-order valence-corrected chi connectivity index (χ3v) is 3.78. The molecule has 2 aromatic carbocycles. The highest BCUT2D eigenvalue weighted by Gasteiger charge is 2.04. The Morgan fingerprint density at radius 3 is 2.56 bits per heavy atom. The van der Waals surface area contributed by atoms with Gasteiger partial charge in [-0.25, -0.2) is 0 Å². The van der Waals surface area contributed by atoms with Crippen LogP contribution in [0, 0.1) is 11.3 Å². The molecule has 0 bridgehead atoms. The molecule has 2 aromatic rings. The zero-order chi connectivity index (χ0) is 12.8. The number of hydrogen-bond donors (Lipinski definition) is 1. The predicted molar refractivity (Wildman–Crippen MR) is 73.1 cm³/mol. The second-order valence-electron chi connectivity index (χ2n) is 3.87. The van der Waals surface area contributed by atoms with E-state index in [2.05, 4.69) is 18.2 Å². The van der Waals surface area contributed by atoms with Crippen molar-refractivity contribution < 1.29 is 5.11 Å². The second kappa shape index (κ2) is 6.25. The van der Waals surface area contributed by atoms with Crippen molar-refractivity contribution >= 4 is 11.8 Å². The van der Waals surface area contributed by atoms with Crippen molar-refractivity contribution in [2.75, 3.05) is 0 Å². The standard InChI is InChI=1S/C15H13NOS/c16-9-13-6-7-15(14(8-13)10-17)18-11-12-4-2-1-3-5-12/h1-8,17H,10-11H2. The highest BCUT2D eigenvalue weighted by Crippen LogP contribution is 2.27. The van der Waals surface area contributed by atoms with Crippen LogP contribution in [-0.2, 0) is 12.4 Å². The van der Waals surface area contributed by atoms with Gasteiger partial charge in [0, 0.05) is 10.6 Å². The van der Waals surface area contributed by atoms with Crippen LogP contribution in [0.25, 0.3) is 0 Å². The first-order valence-electron chi connectivity index (χ1n) is 5.64. The minimum Gasteiger partial charge on any atom is -0.392 e. The van der Waals surface area contributed by atoms with Crippen LogP contribution in [0.1, 0.15) is 16.7 Å². The minimum absolute atomic E-state index is 0.0351. The zero-order valence-electron chi connectivity index (χ0n) is 9.84. The number of thioether (sulfide) groups is 1. The molecule has 0 saturated heterocycles. The van der Waals surface area contributed by atoms with Gasteiger partial charge in [0.15, 0.2) is 0 Å². The molecule has 1 N–H and O–H groups in total. The van der Waals surface area contributed by atoms with Gasteiger partial charge in [-0.15, -0.1) is 11.8 Å². The molecule has 18 heavy (non-hydrogen) atoms. The van der Waals surface area contributed by atoms with Crippen LogP contribution in [0.5, 0.6) is 0 Å². The number of nitriles is 1. The van der Waals surface area contributed by atoms with Crippen LogP contribution in [0.4, 0.5) is 0 Å². The smallest absolute Gasteiger partial charge is 0.0991 e. The molecule has 0 aliphatic heterocycles. The molecular weight excluding hydrogens is 242 g/mol. The highest BCUT2D eigenvalue weighted by molar-refractivity contribution is 7.98. The van der Waals surface area contributed by atoms with Gasteiger partial charge in [-0.3, -0.25) is 0 Å². The van der Waals surface area contributed by atoms with Crippen LogP contribution >= 0.6 is 11.8 Å². The third-order valence-electron chi connectivity index (χ3n) is 2.60. The van der Waals surface area contributed by atoms with Crippen LogP contribution in [0.3, 0.4) is 0 Å². The van der Waals surface area contributed by atoms with E-state index >= 15 is 0 Å². The lowest BCUT2D eigenvalue weighted by Crippen LogP contribution is -1.90. The van der Waals surface area contributed by atoms with E-state index in [1.54, 1.807) is 23.9 Å². The Morgan fingerprint density at radius 2 is 1.89 bits per heavy atom. The summed E-state index contributed by atoms with van der Waals surface area (Å²) in [5.41, 5.74) is 2.65. The van der Waals surface area contributed by atoms with Crippen LogP contribution in [0.2, 0.25) is 0 Å². The lowest BCUT2D eigenvalue weighted by atomic mass is 10.1. The average Bonchev–Trinajstić information content (AvgIpc) is 2.46. The van der Waals surface area contributed by atoms with Gasteiger partial charge < -0.3 is 5.11 Å². The molecule has 0 unspecified atom stereocenters. The molecule has 0 fully saturated rings. The molecule has 0 spiro atoms. The SMILES string of the molecule is N#Cc1ccc(SCc2ccccc2)c(CO)c1. The molecule has 2 nitrogen and oxygen atoms in total. The van der Waals surface area contributed by atoms with E-state index in [9.17, 15) is 5.11 Å². The maximum Gasteiger partial charge on any atom is 0.0991 e. The fraction of sp³-hybridized carbons (Fsp3) is 0.133. The van der Waals surface area contributed by atoms with Gasteiger partial charge in [0.05, 0.1) is 18.2 Å². The van der Waals surface area contributed by atoms with Gasteiger partial charge in [-0.1, -0.05) is 30.3 Å². The number of aliphatic hydroxyl groups excluding tert-OH is 1. The van der Waals surface area contributed by atoms with Crippen molar-refractivity contribution in [3.8, 4) is 6.07 Å². The molecule has 90 valence electrons. The van der Waals surface area contributed by atoms with E-state index < -0.39 is 0 Å². The number of rotatable bonds is 4. The van der Waals surface area contributed by atoms with E-state index in [1.807, 2.05) is 24.3 Å². The Kier molecular flexibility index (Phi) is 4.40. The fourth-order valence-corrected chi connectivity index (χ4v) is 2.64. The summed E-state index contributed by atoms with van der Waals surface area (Å²) in [4.78, 5) is 1.03. The van der Waals surface area contributed by atoms with Crippen molar-refractivity contribution in [3.05, 3.63) is 65.2 Å². The molecule has 0 aromatic heterocycles. The van der Waals surface area contributed by atoms with Crippen LogP contribution < -0.4 is 0 Å². The van der Waals surface area contributed by atoms with Crippen molar-refractivity contribution in [1.29, 1.82) is 5.26 Å². The Hall–Kier alpha value is -1.76. The van der Waals surface area contributed by atoms with Crippen molar-refractivity contribution in [1.82, 2.24) is 0 Å². The Morgan fingerprint density at radius 1 is 1.11 bits per heavy atom. The van der Waals surface area contributed by atoms with Gasteiger partial charge in [0.2, 0.25) is 0 Å². The Balaban J connectivity index is 2.12. The monoisotopic (exact) mass is 255 g/mol. The first-order valence-corrected chi connectivity index (χ1v) is 6.62. The van der Waals surface area contributed by atoms with E-state index in [4.69, 9.17) is 5.26 Å². The third kappa shape index (κ3) is 3.13. The van der Waals surface area contributed by atoms with Gasteiger partial charge in [-0.05, 0) is 29.3 Å². The van der Waals surface area contributed by atoms with Crippen molar-refractivity contribution in [2.45, 2.75) is 17.3 Å². The fourth-order valence-electron chi connectivity index (χ4n) is 1.65. The maximum absolute atomic E-state index is 9.31. The van der Waals surface area contributed by atoms with E-state index in [1.165, 1.54) is 5.56 Å². The van der Waals surface area contributed by atoms with E-state index in [0.717, 1.165) is 16.2 Å². The summed E-state index contributed by atoms with van der Waals surface area (Å²) in [6, 6.07) is 17.7. The number of hydrogen-bond acceptors (Lipinski definition) is 3. The summed E-state index contributed by atoms with van der Waals surface area (Å²) in [5.74, 6) is 0.861. The molecular formula is C15H13NOS. The lowest BCUT2D eigenvalue weighted by Gasteiger charge is -2.07. The zero-order valence-corrected chi connectivity index (χ0v) is 10.7. The Bertz CT molecular complexity index is 560. The summed E-state index contributed by atoms with van der Waals surface area (Å²) in [6.45, 7) is -0.0351. The van der Waals surface area contributed by atoms with Crippen LogP contribution in [-0.4, -0.2) is 5.11 Å². The summed E-state index contributed by atoms with van der Waals surface area (Å²) >= 11 is 1.67. The molecule has 0 amide bonds. The molecule has 0 heterocycles. The predicted octanol–water partition coefficient (Wildman–Crippen LogP) is 3.34. The summed E-state index contributed by atoms with van der Waals surface area (Å²) in [5, 5.41) is 18.1. The summed E-state index contributed by atoms with van der Waals surface area (Å²) in [6.07, 6.45) is 0. The summed E-state index contributed by atoms with van der Waals surface area (Å²) in [7, 11) is 0. The van der Waals surface area contributed by atoms with Gasteiger partial charge in [-0.2, -0.15) is 5.26 Å². The molecule has 0 radical (unpaired) electrons. The van der Waals surface area contributed by atoms with Gasteiger partial charge in [0.1, 0.15) is 0 Å². The number of benzene rings is 2. The molecule has 0 aliphatic rings. The minimum atomic E-state index is -0.0351. The number of nitrogens with zero attached hydrogens (tertiary/aromatic N) is 1. The molecule has 3 heteroatoms. The number of aliphatic hydroxyl groups is 1. The quantitative estimate of drug-likeness (QED) is 0.852. The van der Waals surface area contributed by atoms with Crippen LogP contribution in [0.15, 0.2) is 53.4 Å². The van der Waals surface area contributed by atoms with Crippen molar-refractivity contribution in [3.63, 3.8) is 0 Å². The normalized spacial score (nSPS) is 10.0. The van der Waals surface area contributed by atoms with E-state index in [0.29, 0.717) is 5.56 Å².